The molecule has 0 atom stereocenters. The fourth-order valence-electron chi connectivity index (χ4n) is 1.40. The molecule has 1 nitrogen and oxygen atoms in total. The van der Waals surface area contributed by atoms with Crippen LogP contribution in [-0.4, -0.2) is 11.0 Å². The van der Waals surface area contributed by atoms with Crippen molar-refractivity contribution < 1.29 is 4.74 Å². The van der Waals surface area contributed by atoms with E-state index in [2.05, 4.69) is 31.8 Å². The van der Waals surface area contributed by atoms with Gasteiger partial charge in [0.25, 0.3) is 0 Å². The molecule has 0 heterocycles. The highest BCUT2D eigenvalue weighted by Gasteiger charge is 1.92. The average Bonchev–Trinajstić information content (AvgIpc) is 2.15. The molecule has 14 heavy (non-hydrogen) atoms. The summed E-state index contributed by atoms with van der Waals surface area (Å²) in [6, 6.07) is 0. The van der Waals surface area contributed by atoms with Gasteiger partial charge in [0, 0.05) is 0 Å². The number of hydrogen-bond acceptors (Lipinski definition) is 2. The van der Waals surface area contributed by atoms with Crippen LogP contribution in [-0.2, 0) is 4.74 Å². The summed E-state index contributed by atoms with van der Waals surface area (Å²) in [6.45, 7) is 2.98. The van der Waals surface area contributed by atoms with E-state index in [0.717, 1.165) is 13.0 Å². The van der Waals surface area contributed by atoms with Crippen molar-refractivity contribution in [1.29, 1.82) is 0 Å². The van der Waals surface area contributed by atoms with E-state index < -0.39 is 0 Å². The van der Waals surface area contributed by atoms with Gasteiger partial charge in [-0.2, -0.15) is 0 Å². The lowest BCUT2D eigenvalue weighted by Gasteiger charge is -2.02. The zero-order valence-corrected chi connectivity index (χ0v) is 10.8. The van der Waals surface area contributed by atoms with Crippen LogP contribution in [0.25, 0.3) is 0 Å². The molecule has 0 unspecified atom stereocenters. The summed E-state index contributed by atoms with van der Waals surface area (Å²) in [5, 5.41) is 0. The first-order valence-corrected chi connectivity index (χ1v) is 6.48. The van der Waals surface area contributed by atoms with Crippen molar-refractivity contribution in [3.8, 4) is 0 Å². The molecule has 84 valence electrons. The third-order valence-corrected chi connectivity index (χ3v) is 2.47. The average molecular weight is 234 g/mol. The lowest BCUT2D eigenvalue weighted by Crippen LogP contribution is -1.95. The van der Waals surface area contributed by atoms with Gasteiger partial charge in [0.15, 0.2) is 0 Å². The summed E-state index contributed by atoms with van der Waals surface area (Å²) in [6.07, 6.45) is 10.5. The second-order valence-corrected chi connectivity index (χ2v) is 4.67. The van der Waals surface area contributed by atoms with Gasteiger partial charge in [-0.05, 0) is 18.6 Å². The van der Waals surface area contributed by atoms with Gasteiger partial charge in [0.1, 0.15) is 0 Å². The molecule has 0 fully saturated rings. The van der Waals surface area contributed by atoms with Gasteiger partial charge in [0.05, 0.1) is 6.61 Å². The van der Waals surface area contributed by atoms with Crippen LogP contribution in [0.2, 0.25) is 0 Å². The first kappa shape index (κ1) is 14.2. The molecule has 0 spiro atoms. The van der Waals surface area contributed by atoms with E-state index in [4.69, 9.17) is 4.74 Å². The van der Waals surface area contributed by atoms with Crippen molar-refractivity contribution in [3.05, 3.63) is 0 Å². The Hall–Kier alpha value is 0.240. The number of rotatable bonds is 9. The lowest BCUT2D eigenvalue weighted by molar-refractivity contribution is 0.308. The highest BCUT2D eigenvalue weighted by Crippen LogP contribution is 2.08. The van der Waals surface area contributed by atoms with Gasteiger partial charge in [-0.15, -0.1) is 0 Å². The number of thiol groups is 1. The van der Waals surface area contributed by atoms with Gasteiger partial charge in [-0.3, -0.25) is 0 Å². The summed E-state index contributed by atoms with van der Waals surface area (Å²) in [5.74, 6) is 0. The van der Waals surface area contributed by atoms with E-state index in [1.807, 2.05) is 0 Å². The van der Waals surface area contributed by atoms with Crippen molar-refractivity contribution in [1.82, 2.24) is 0 Å². The summed E-state index contributed by atoms with van der Waals surface area (Å²) in [5.41, 5.74) is 0. The summed E-state index contributed by atoms with van der Waals surface area (Å²) in [7, 11) is 0. The van der Waals surface area contributed by atoms with Gasteiger partial charge < -0.3 is 4.74 Å². The maximum Gasteiger partial charge on any atom is 0.216 e. The second-order valence-electron chi connectivity index (χ2n) is 3.59. The van der Waals surface area contributed by atoms with Crippen molar-refractivity contribution >= 4 is 29.2 Å². The molecule has 0 N–H and O–H groups in total. The van der Waals surface area contributed by atoms with Crippen LogP contribution >= 0.6 is 24.8 Å². The number of hydrogen-bond donors (Lipinski definition) is 1. The summed E-state index contributed by atoms with van der Waals surface area (Å²) < 4.78 is 5.45. The van der Waals surface area contributed by atoms with Gasteiger partial charge in [-0.25, -0.2) is 0 Å². The molecule has 0 aliphatic rings. The number of unbranched alkanes of at least 4 members (excludes halogenated alkanes) is 7. The Labute approximate surface area is 99.0 Å². The standard InChI is InChI=1S/C11H22OS2/c1-2-3-4-5-6-7-8-9-10-12-11(13)14/h2-10H2,1H3,(H,13,14). The highest BCUT2D eigenvalue weighted by molar-refractivity contribution is 8.10. The van der Waals surface area contributed by atoms with E-state index in [1.54, 1.807) is 0 Å². The topological polar surface area (TPSA) is 9.23 Å². The van der Waals surface area contributed by atoms with E-state index in [0.29, 0.717) is 4.38 Å². The van der Waals surface area contributed by atoms with E-state index >= 15 is 0 Å². The minimum Gasteiger partial charge on any atom is -0.479 e. The quantitative estimate of drug-likeness (QED) is 0.361. The Bertz CT molecular complexity index is 137. The molecule has 0 radical (unpaired) electrons. The molecule has 3 heteroatoms. The molecule has 0 aliphatic carbocycles. The first-order valence-electron chi connectivity index (χ1n) is 5.63. The third-order valence-electron chi connectivity index (χ3n) is 2.22. The van der Waals surface area contributed by atoms with Crippen LogP contribution in [0.3, 0.4) is 0 Å². The fourth-order valence-corrected chi connectivity index (χ4v) is 1.57. The van der Waals surface area contributed by atoms with Crippen LogP contribution in [0.4, 0.5) is 0 Å². The third kappa shape index (κ3) is 12.2. The van der Waals surface area contributed by atoms with Crippen LogP contribution < -0.4 is 0 Å². The van der Waals surface area contributed by atoms with Crippen molar-refractivity contribution in [2.45, 2.75) is 58.3 Å². The van der Waals surface area contributed by atoms with Gasteiger partial charge >= 0.3 is 0 Å². The minimum atomic E-state index is 0.368. The van der Waals surface area contributed by atoms with E-state index in [-0.39, 0.29) is 0 Å². The molecule has 0 saturated heterocycles. The van der Waals surface area contributed by atoms with Crippen LogP contribution in [0.15, 0.2) is 0 Å². The molecule has 0 bridgehead atoms. The molecule has 0 aromatic rings. The van der Waals surface area contributed by atoms with Crippen molar-refractivity contribution in [2.24, 2.45) is 0 Å². The Morgan fingerprint density at radius 3 is 2.00 bits per heavy atom. The van der Waals surface area contributed by atoms with E-state index in [1.165, 1.54) is 44.9 Å². The Kier molecular flexibility index (Phi) is 11.5. The van der Waals surface area contributed by atoms with Crippen LogP contribution in [0, 0.1) is 0 Å². The SMILES string of the molecule is CCCCCCCCCCOC(=S)S. The Morgan fingerprint density at radius 1 is 1.00 bits per heavy atom. The van der Waals surface area contributed by atoms with Crippen LogP contribution in [0.5, 0.6) is 0 Å². The molecule has 0 aliphatic heterocycles. The lowest BCUT2D eigenvalue weighted by atomic mass is 10.1. The molecule has 0 rings (SSSR count). The van der Waals surface area contributed by atoms with E-state index in [9.17, 15) is 0 Å². The van der Waals surface area contributed by atoms with Crippen molar-refractivity contribution in [2.75, 3.05) is 6.61 Å². The van der Waals surface area contributed by atoms with Gasteiger partial charge in [-0.1, -0.05) is 64.5 Å². The highest BCUT2D eigenvalue weighted by atomic mass is 32.1. The molecule has 0 aromatic carbocycles. The predicted molar refractivity (Wildman–Crippen MR) is 70.1 cm³/mol. The maximum atomic E-state index is 5.08. The normalized spacial score (nSPS) is 10.1. The molecular formula is C11H22OS2. The monoisotopic (exact) mass is 234 g/mol. The molecule has 0 amide bonds. The van der Waals surface area contributed by atoms with Gasteiger partial charge in [0.2, 0.25) is 4.38 Å². The second kappa shape index (κ2) is 11.3. The maximum absolute atomic E-state index is 5.08. The Morgan fingerprint density at radius 2 is 1.50 bits per heavy atom. The summed E-state index contributed by atoms with van der Waals surface area (Å²) in [4.78, 5) is 0. The fraction of sp³-hybridized carbons (Fsp3) is 0.909. The number of ether oxygens (including phenoxy) is 1. The first-order chi connectivity index (χ1) is 6.77. The summed E-state index contributed by atoms with van der Waals surface area (Å²) >= 11 is 8.58. The molecule has 0 saturated carbocycles. The zero-order chi connectivity index (χ0) is 10.6. The van der Waals surface area contributed by atoms with Crippen molar-refractivity contribution in [3.63, 3.8) is 0 Å². The zero-order valence-electron chi connectivity index (χ0n) is 9.13. The van der Waals surface area contributed by atoms with Crippen LogP contribution in [0.1, 0.15) is 58.3 Å². The molecule has 0 aromatic heterocycles. The predicted octanol–water partition coefficient (Wildman–Crippen LogP) is 4.36. The smallest absolute Gasteiger partial charge is 0.216 e. The Balaban J connectivity index is 2.88. The molecular weight excluding hydrogens is 212 g/mol. The number of thiocarbonyl (C=S) groups is 1. The largest absolute Gasteiger partial charge is 0.479 e. The minimum absolute atomic E-state index is 0.368.